The molecular formula is C18H26N4O3. The zero-order valence-electron chi connectivity index (χ0n) is 15.1. The highest BCUT2D eigenvalue weighted by Crippen LogP contribution is 2.20. The Hall–Kier alpha value is -2.41. The van der Waals surface area contributed by atoms with Crippen LogP contribution < -0.4 is 10.1 Å². The molecule has 0 atom stereocenters. The fraction of sp³-hybridized carbons (Fsp3) is 0.500. The van der Waals surface area contributed by atoms with Gasteiger partial charge in [-0.1, -0.05) is 5.16 Å². The summed E-state index contributed by atoms with van der Waals surface area (Å²) in [6.45, 7) is 4.20. The summed E-state index contributed by atoms with van der Waals surface area (Å²) in [6, 6.07) is 7.51. The highest BCUT2D eigenvalue weighted by Gasteiger charge is 2.10. The van der Waals surface area contributed by atoms with Gasteiger partial charge in [-0.3, -0.25) is 4.79 Å². The lowest BCUT2D eigenvalue weighted by Crippen LogP contribution is -2.27. The van der Waals surface area contributed by atoms with Crippen LogP contribution >= 0.6 is 0 Å². The molecule has 1 aromatic carbocycles. The van der Waals surface area contributed by atoms with Crippen LogP contribution in [0.15, 0.2) is 28.8 Å². The Kier molecular flexibility index (Phi) is 7.40. The molecule has 0 aliphatic rings. The van der Waals surface area contributed by atoms with Gasteiger partial charge in [0, 0.05) is 24.9 Å². The van der Waals surface area contributed by atoms with Crippen LogP contribution in [0.25, 0.3) is 11.4 Å². The Morgan fingerprint density at radius 2 is 2.04 bits per heavy atom. The van der Waals surface area contributed by atoms with E-state index in [1.54, 1.807) is 0 Å². The fourth-order valence-electron chi connectivity index (χ4n) is 2.27. The van der Waals surface area contributed by atoms with E-state index in [9.17, 15) is 4.79 Å². The van der Waals surface area contributed by atoms with Gasteiger partial charge >= 0.3 is 0 Å². The van der Waals surface area contributed by atoms with Crippen LogP contribution in [0.3, 0.4) is 0 Å². The first-order valence-corrected chi connectivity index (χ1v) is 8.55. The highest BCUT2D eigenvalue weighted by molar-refractivity contribution is 5.75. The number of amides is 1. The van der Waals surface area contributed by atoms with Crippen LogP contribution in [0.5, 0.6) is 5.75 Å². The number of carbonyl (C=O) groups excluding carboxylic acids is 1. The maximum absolute atomic E-state index is 11.8. The maximum atomic E-state index is 11.8. The smallest absolute Gasteiger partial charge is 0.227 e. The lowest BCUT2D eigenvalue weighted by atomic mass is 10.2. The molecule has 2 rings (SSSR count). The minimum Gasteiger partial charge on any atom is -0.494 e. The van der Waals surface area contributed by atoms with Gasteiger partial charge in [-0.05, 0) is 58.3 Å². The lowest BCUT2D eigenvalue weighted by molar-refractivity contribution is -0.121. The highest BCUT2D eigenvalue weighted by atomic mass is 16.5. The average molecular weight is 346 g/mol. The third-order valence-corrected chi connectivity index (χ3v) is 3.56. The number of aromatic nitrogens is 2. The van der Waals surface area contributed by atoms with Gasteiger partial charge in [0.15, 0.2) is 0 Å². The predicted molar refractivity (Wildman–Crippen MR) is 95.4 cm³/mol. The van der Waals surface area contributed by atoms with Crippen molar-refractivity contribution < 1.29 is 14.1 Å². The molecule has 0 aliphatic carbocycles. The maximum Gasteiger partial charge on any atom is 0.227 e. The summed E-state index contributed by atoms with van der Waals surface area (Å²) in [5.74, 6) is 1.79. The number of rotatable bonds is 10. The largest absolute Gasteiger partial charge is 0.494 e. The van der Waals surface area contributed by atoms with Crippen LogP contribution in [-0.4, -0.2) is 54.7 Å². The van der Waals surface area contributed by atoms with Gasteiger partial charge in [0.05, 0.1) is 6.61 Å². The molecule has 1 N–H and O–H groups in total. The first-order valence-electron chi connectivity index (χ1n) is 8.55. The second-order valence-corrected chi connectivity index (χ2v) is 5.98. The minimum atomic E-state index is -0.000395. The topological polar surface area (TPSA) is 80.5 Å². The molecule has 25 heavy (non-hydrogen) atoms. The van der Waals surface area contributed by atoms with E-state index in [4.69, 9.17) is 9.26 Å². The Balaban J connectivity index is 1.78. The zero-order valence-corrected chi connectivity index (χ0v) is 15.1. The molecule has 0 bridgehead atoms. The quantitative estimate of drug-likeness (QED) is 0.664. The van der Waals surface area contributed by atoms with Crippen LogP contribution in [0.1, 0.15) is 25.7 Å². The molecule has 1 aromatic heterocycles. The van der Waals surface area contributed by atoms with Crippen molar-refractivity contribution in [3.05, 3.63) is 30.2 Å². The molecule has 7 heteroatoms. The first kappa shape index (κ1) is 18.9. The third-order valence-electron chi connectivity index (χ3n) is 3.56. The molecule has 0 radical (unpaired) electrons. The second-order valence-electron chi connectivity index (χ2n) is 5.98. The fourth-order valence-corrected chi connectivity index (χ4v) is 2.27. The third kappa shape index (κ3) is 6.54. The summed E-state index contributed by atoms with van der Waals surface area (Å²) in [5, 5.41) is 6.87. The number of nitrogens with zero attached hydrogens (tertiary/aromatic N) is 3. The lowest BCUT2D eigenvalue weighted by Gasteiger charge is -2.09. The van der Waals surface area contributed by atoms with Crippen molar-refractivity contribution in [3.63, 3.8) is 0 Å². The molecule has 0 unspecified atom stereocenters. The SMILES string of the molecule is CCOc1ccc(-c2noc(CCC(=O)NCCCN(C)C)n2)cc1. The van der Waals surface area contributed by atoms with Gasteiger partial charge < -0.3 is 19.5 Å². The number of hydrogen-bond acceptors (Lipinski definition) is 6. The number of benzene rings is 1. The van der Waals surface area contributed by atoms with E-state index in [1.165, 1.54) is 0 Å². The van der Waals surface area contributed by atoms with Crippen LogP contribution in [-0.2, 0) is 11.2 Å². The first-order chi connectivity index (χ1) is 12.1. The van der Waals surface area contributed by atoms with E-state index in [0.29, 0.717) is 37.7 Å². The van der Waals surface area contributed by atoms with Crippen molar-refractivity contribution in [2.45, 2.75) is 26.2 Å². The van der Waals surface area contributed by atoms with E-state index < -0.39 is 0 Å². The summed E-state index contributed by atoms with van der Waals surface area (Å²) in [6.07, 6.45) is 1.71. The van der Waals surface area contributed by atoms with Gasteiger partial charge in [0.25, 0.3) is 0 Å². The molecule has 0 fully saturated rings. The molecule has 0 aliphatic heterocycles. The normalized spacial score (nSPS) is 10.9. The monoisotopic (exact) mass is 346 g/mol. The summed E-state index contributed by atoms with van der Waals surface area (Å²) < 4.78 is 10.6. The van der Waals surface area contributed by atoms with E-state index in [2.05, 4.69) is 20.4 Å². The predicted octanol–water partition coefficient (Wildman–Crippen LogP) is 2.14. The Labute approximate surface area is 148 Å². The molecule has 0 saturated heterocycles. The Morgan fingerprint density at radius 1 is 1.28 bits per heavy atom. The summed E-state index contributed by atoms with van der Waals surface area (Å²) in [5.41, 5.74) is 0.853. The molecule has 1 amide bonds. The number of nitrogens with one attached hydrogen (secondary N) is 1. The van der Waals surface area contributed by atoms with Crippen molar-refractivity contribution in [2.75, 3.05) is 33.8 Å². The second kappa shape index (κ2) is 9.78. The number of ether oxygens (including phenoxy) is 1. The molecule has 136 valence electrons. The van der Waals surface area contributed by atoms with Crippen molar-refractivity contribution in [3.8, 4) is 17.1 Å². The van der Waals surface area contributed by atoms with Crippen molar-refractivity contribution in [1.29, 1.82) is 0 Å². The van der Waals surface area contributed by atoms with Crippen molar-refractivity contribution in [2.24, 2.45) is 0 Å². The molecule has 2 aromatic rings. The Morgan fingerprint density at radius 3 is 2.72 bits per heavy atom. The summed E-state index contributed by atoms with van der Waals surface area (Å²) in [4.78, 5) is 18.2. The standard InChI is InChI=1S/C18H26N4O3/c1-4-24-15-8-6-14(7-9-15)18-20-17(25-21-18)11-10-16(23)19-12-5-13-22(2)3/h6-9H,4-5,10-13H2,1-3H3,(H,19,23). The van der Waals surface area contributed by atoms with Gasteiger partial charge in [0.2, 0.25) is 17.6 Å². The molecule has 1 heterocycles. The minimum absolute atomic E-state index is 0.000395. The number of carbonyl (C=O) groups is 1. The van der Waals surface area contributed by atoms with E-state index >= 15 is 0 Å². The van der Waals surface area contributed by atoms with Crippen LogP contribution in [0, 0.1) is 0 Å². The zero-order chi connectivity index (χ0) is 18.1. The molecular weight excluding hydrogens is 320 g/mol. The van der Waals surface area contributed by atoms with Gasteiger partial charge in [0.1, 0.15) is 5.75 Å². The van der Waals surface area contributed by atoms with Gasteiger partial charge in [-0.25, -0.2) is 0 Å². The summed E-state index contributed by atoms with van der Waals surface area (Å²) in [7, 11) is 4.03. The van der Waals surface area contributed by atoms with Gasteiger partial charge in [-0.2, -0.15) is 4.98 Å². The molecule has 7 nitrogen and oxygen atoms in total. The molecule has 0 spiro atoms. The number of hydrogen-bond donors (Lipinski definition) is 1. The van der Waals surface area contributed by atoms with Crippen LogP contribution in [0.2, 0.25) is 0 Å². The van der Waals surface area contributed by atoms with Crippen molar-refractivity contribution >= 4 is 5.91 Å². The number of aryl methyl sites for hydroxylation is 1. The van der Waals surface area contributed by atoms with E-state index in [1.807, 2.05) is 45.3 Å². The van der Waals surface area contributed by atoms with E-state index in [-0.39, 0.29) is 5.91 Å². The average Bonchev–Trinajstić information content (AvgIpc) is 3.07. The Bertz CT molecular complexity index is 653. The van der Waals surface area contributed by atoms with Crippen LogP contribution in [0.4, 0.5) is 0 Å². The van der Waals surface area contributed by atoms with E-state index in [0.717, 1.165) is 24.3 Å². The molecule has 0 saturated carbocycles. The summed E-state index contributed by atoms with van der Waals surface area (Å²) >= 11 is 0. The van der Waals surface area contributed by atoms with Gasteiger partial charge in [-0.15, -0.1) is 0 Å². The van der Waals surface area contributed by atoms with Crippen molar-refractivity contribution in [1.82, 2.24) is 20.4 Å².